The van der Waals surface area contributed by atoms with E-state index >= 15 is 0 Å². The summed E-state index contributed by atoms with van der Waals surface area (Å²) in [7, 11) is 0. The maximum absolute atomic E-state index is 13.5. The number of para-hydroxylation sites is 1. The molecule has 0 bridgehead atoms. The molecule has 6 aromatic rings. The van der Waals surface area contributed by atoms with Crippen molar-refractivity contribution in [2.75, 3.05) is 0 Å². The second-order valence-electron chi connectivity index (χ2n) is 8.21. The molecule has 2 aromatic carbocycles. The Balaban J connectivity index is 1.60. The van der Waals surface area contributed by atoms with E-state index in [0.29, 0.717) is 49.4 Å². The Kier molecular flexibility index (Phi) is 4.60. The first-order chi connectivity index (χ1) is 17.6. The van der Waals surface area contributed by atoms with Crippen LogP contribution in [0.2, 0.25) is 10.0 Å². The molecule has 0 aliphatic carbocycles. The zero-order valence-electron chi connectivity index (χ0n) is 18.2. The van der Waals surface area contributed by atoms with E-state index in [0.717, 1.165) is 5.56 Å². The molecule has 0 saturated carbocycles. The summed E-state index contributed by atoms with van der Waals surface area (Å²) in [5.41, 5.74) is 2.29. The van der Waals surface area contributed by atoms with Crippen LogP contribution in [0.5, 0.6) is 11.6 Å². The van der Waals surface area contributed by atoms with E-state index in [-0.39, 0.29) is 11.4 Å². The number of halogens is 2. The van der Waals surface area contributed by atoms with Crippen LogP contribution in [0.25, 0.3) is 28.0 Å². The molecule has 0 fully saturated rings. The monoisotopic (exact) mass is 513 g/mol. The Labute approximate surface area is 212 Å². The number of fused-ring (bicyclic) bond motifs is 6. The first-order valence-electron chi connectivity index (χ1n) is 10.9. The van der Waals surface area contributed by atoms with Gasteiger partial charge in [0.1, 0.15) is 11.9 Å². The summed E-state index contributed by atoms with van der Waals surface area (Å²) in [6.45, 7) is 0. The molecule has 1 unspecified atom stereocenters. The van der Waals surface area contributed by atoms with Crippen LogP contribution in [0.15, 0.2) is 82.5 Å². The second-order valence-corrected chi connectivity index (χ2v) is 9.02. The van der Waals surface area contributed by atoms with E-state index in [1.165, 1.54) is 10.8 Å². The minimum absolute atomic E-state index is 0.261. The highest BCUT2D eigenvalue weighted by Crippen LogP contribution is 2.51. The molecule has 174 valence electrons. The van der Waals surface area contributed by atoms with Gasteiger partial charge in [-0.2, -0.15) is 0 Å². The summed E-state index contributed by atoms with van der Waals surface area (Å²) in [6.07, 6.45) is 4.86. The third-order valence-corrected chi connectivity index (χ3v) is 6.83. The maximum atomic E-state index is 13.5. The van der Waals surface area contributed by atoms with Crippen LogP contribution in [0.3, 0.4) is 0 Å². The van der Waals surface area contributed by atoms with Gasteiger partial charge in [0, 0.05) is 33.6 Å². The highest BCUT2D eigenvalue weighted by molar-refractivity contribution is 6.36. The molecule has 0 saturated heterocycles. The Hall–Kier alpha value is -4.27. The number of pyridine rings is 1. The Morgan fingerprint density at radius 1 is 0.917 bits per heavy atom. The average Bonchev–Trinajstić information content (AvgIpc) is 3.33. The van der Waals surface area contributed by atoms with Crippen molar-refractivity contribution in [3.8, 4) is 23.0 Å². The van der Waals surface area contributed by atoms with Gasteiger partial charge in [-0.15, -0.1) is 5.10 Å². The Morgan fingerprint density at radius 3 is 2.56 bits per heavy atom. The second kappa shape index (κ2) is 7.87. The van der Waals surface area contributed by atoms with E-state index < -0.39 is 11.5 Å². The van der Waals surface area contributed by atoms with Crippen molar-refractivity contribution in [1.29, 1.82) is 0 Å². The van der Waals surface area contributed by atoms with Crippen molar-refractivity contribution in [2.24, 2.45) is 0 Å². The molecule has 1 aliphatic rings. The fourth-order valence-electron chi connectivity index (χ4n) is 4.62. The highest BCUT2D eigenvalue weighted by atomic mass is 35.5. The van der Waals surface area contributed by atoms with Gasteiger partial charge in [-0.25, -0.2) is 19.3 Å². The van der Waals surface area contributed by atoms with Gasteiger partial charge in [0.2, 0.25) is 5.88 Å². The molecule has 8 nitrogen and oxygen atoms in total. The van der Waals surface area contributed by atoms with Crippen molar-refractivity contribution in [2.45, 2.75) is 5.92 Å². The van der Waals surface area contributed by atoms with E-state index in [9.17, 15) is 4.79 Å². The SMILES string of the molecule is O=c1oc2ccccc2c2c1C(c1c(Cl)cccc1Cl)c1c(ncn3nc(-c4cccnc4)nc13)O2. The normalized spacial score (nSPS) is 14.4. The zero-order chi connectivity index (χ0) is 24.4. The fourth-order valence-corrected chi connectivity index (χ4v) is 5.24. The van der Waals surface area contributed by atoms with Crippen LogP contribution >= 0.6 is 23.2 Å². The largest absolute Gasteiger partial charge is 0.437 e. The van der Waals surface area contributed by atoms with Crippen LogP contribution in [0.1, 0.15) is 22.6 Å². The molecule has 0 N–H and O–H groups in total. The van der Waals surface area contributed by atoms with Gasteiger partial charge in [0.15, 0.2) is 17.2 Å². The molecule has 7 rings (SSSR count). The Bertz CT molecular complexity index is 1860. The van der Waals surface area contributed by atoms with Gasteiger partial charge in [-0.05, 0) is 36.4 Å². The van der Waals surface area contributed by atoms with Crippen LogP contribution < -0.4 is 10.4 Å². The topological polar surface area (TPSA) is 95.4 Å². The minimum atomic E-state index is -0.770. The first kappa shape index (κ1) is 21.0. The third-order valence-electron chi connectivity index (χ3n) is 6.17. The quantitative estimate of drug-likeness (QED) is 0.266. The smallest absolute Gasteiger partial charge is 0.344 e. The lowest BCUT2D eigenvalue weighted by Crippen LogP contribution is -2.22. The van der Waals surface area contributed by atoms with E-state index in [1.807, 2.05) is 18.2 Å². The summed E-state index contributed by atoms with van der Waals surface area (Å²) in [5, 5.41) is 5.97. The van der Waals surface area contributed by atoms with Gasteiger partial charge in [-0.1, -0.05) is 41.4 Å². The lowest BCUT2D eigenvalue weighted by atomic mass is 9.84. The van der Waals surface area contributed by atoms with Crippen LogP contribution in [0, 0.1) is 0 Å². The van der Waals surface area contributed by atoms with Gasteiger partial charge in [0.05, 0.1) is 22.4 Å². The van der Waals surface area contributed by atoms with Crippen molar-refractivity contribution in [3.63, 3.8) is 0 Å². The number of ether oxygens (including phenoxy) is 1. The molecule has 1 aliphatic heterocycles. The lowest BCUT2D eigenvalue weighted by Gasteiger charge is -2.28. The molecule has 0 radical (unpaired) electrons. The van der Waals surface area contributed by atoms with Gasteiger partial charge >= 0.3 is 5.63 Å². The number of rotatable bonds is 2. The summed E-state index contributed by atoms with van der Waals surface area (Å²) >= 11 is 13.4. The first-order valence-corrected chi connectivity index (χ1v) is 11.7. The molecule has 0 amide bonds. The average molecular weight is 514 g/mol. The molecule has 5 heterocycles. The predicted molar refractivity (Wildman–Crippen MR) is 134 cm³/mol. The van der Waals surface area contributed by atoms with Crippen LogP contribution in [-0.2, 0) is 0 Å². The highest BCUT2D eigenvalue weighted by Gasteiger charge is 2.39. The molecule has 36 heavy (non-hydrogen) atoms. The number of benzene rings is 2. The minimum Gasteiger partial charge on any atom is -0.437 e. The fraction of sp³-hybridized carbons (Fsp3) is 0.0385. The van der Waals surface area contributed by atoms with Crippen LogP contribution in [-0.4, -0.2) is 24.6 Å². The summed E-state index contributed by atoms with van der Waals surface area (Å²) in [5.74, 6) is 0.294. The standard InChI is InChI=1S/C26H13Cl2N5O3/c27-15-7-3-8-16(28)18(15)19-20-22(14-6-1-2-9-17(14)35-26(20)34)36-25-21(19)24-31-23(32-33(24)12-30-25)13-5-4-10-29-11-13/h1-12,19H. The molecular weight excluding hydrogens is 501 g/mol. The lowest BCUT2D eigenvalue weighted by molar-refractivity contribution is 0.422. The van der Waals surface area contributed by atoms with E-state index in [1.54, 1.807) is 48.8 Å². The maximum Gasteiger partial charge on any atom is 0.344 e. The van der Waals surface area contributed by atoms with E-state index in [4.69, 9.17) is 37.3 Å². The molecular formula is C26H13Cl2N5O3. The molecule has 1 atom stereocenters. The number of nitrogens with zero attached hydrogens (tertiary/aromatic N) is 5. The number of aromatic nitrogens is 5. The van der Waals surface area contributed by atoms with Crippen molar-refractivity contribution in [3.05, 3.63) is 110 Å². The summed E-state index contributed by atoms with van der Waals surface area (Å²) < 4.78 is 13.5. The van der Waals surface area contributed by atoms with E-state index in [2.05, 4.69) is 15.1 Å². The van der Waals surface area contributed by atoms with Gasteiger partial charge in [0.25, 0.3) is 0 Å². The van der Waals surface area contributed by atoms with Gasteiger partial charge in [-0.3, -0.25) is 4.98 Å². The van der Waals surface area contributed by atoms with Crippen LogP contribution in [0.4, 0.5) is 0 Å². The molecule has 10 heteroatoms. The third kappa shape index (κ3) is 3.05. The molecule has 0 spiro atoms. The molecule has 4 aromatic heterocycles. The zero-order valence-corrected chi connectivity index (χ0v) is 19.7. The van der Waals surface area contributed by atoms with Gasteiger partial charge < -0.3 is 9.15 Å². The Morgan fingerprint density at radius 2 is 1.75 bits per heavy atom. The van der Waals surface area contributed by atoms with Crippen molar-refractivity contribution < 1.29 is 9.15 Å². The van der Waals surface area contributed by atoms with Crippen molar-refractivity contribution in [1.82, 2.24) is 24.6 Å². The predicted octanol–water partition coefficient (Wildman–Crippen LogP) is 5.89. The summed E-state index contributed by atoms with van der Waals surface area (Å²) in [6, 6.07) is 16.0. The van der Waals surface area contributed by atoms with Crippen molar-refractivity contribution >= 4 is 39.8 Å². The summed E-state index contributed by atoms with van der Waals surface area (Å²) in [4.78, 5) is 26.9. The number of hydrogen-bond donors (Lipinski definition) is 0. The number of hydrogen-bond acceptors (Lipinski definition) is 7.